The highest BCUT2D eigenvalue weighted by Crippen LogP contribution is 2.42. The molecule has 1 aromatic rings. The van der Waals surface area contributed by atoms with Gasteiger partial charge in [-0.15, -0.1) is 0 Å². The Morgan fingerprint density at radius 1 is 0.885 bits per heavy atom. The Labute approximate surface area is 162 Å². The van der Waals surface area contributed by atoms with Crippen LogP contribution in [0.2, 0.25) is 0 Å². The van der Waals surface area contributed by atoms with Crippen molar-refractivity contribution in [1.82, 2.24) is 0 Å². The van der Waals surface area contributed by atoms with E-state index in [2.05, 4.69) is 81.4 Å². The first-order valence-corrected chi connectivity index (χ1v) is 10.3. The predicted octanol–water partition coefficient (Wildman–Crippen LogP) is 7.14. The topological polar surface area (TPSA) is 29.5 Å². The summed E-state index contributed by atoms with van der Waals surface area (Å²) >= 11 is 0. The maximum absolute atomic E-state index is 11.0. The Kier molecular flexibility index (Phi) is 7.77. The lowest BCUT2D eigenvalue weighted by molar-refractivity contribution is -0.00307. The first-order chi connectivity index (χ1) is 11.8. The summed E-state index contributed by atoms with van der Waals surface area (Å²) < 4.78 is 6.43. The molecular weight excluding hydrogens is 320 g/mol. The largest absolute Gasteiger partial charge is 0.507 e. The van der Waals surface area contributed by atoms with Crippen molar-refractivity contribution in [3.8, 4) is 5.75 Å². The lowest BCUT2D eigenvalue weighted by Gasteiger charge is -2.32. The molecule has 1 rings (SSSR count). The number of hydrogen-bond acceptors (Lipinski definition) is 2. The van der Waals surface area contributed by atoms with E-state index in [-0.39, 0.29) is 16.9 Å². The number of hydrogen-bond donors (Lipinski definition) is 1. The van der Waals surface area contributed by atoms with E-state index < -0.39 is 0 Å². The highest BCUT2D eigenvalue weighted by molar-refractivity contribution is 5.50. The van der Waals surface area contributed by atoms with Crippen molar-refractivity contribution < 1.29 is 9.84 Å². The van der Waals surface area contributed by atoms with Gasteiger partial charge in [0.15, 0.2) is 0 Å². The number of phenols is 1. The zero-order valence-corrected chi connectivity index (χ0v) is 18.9. The molecule has 0 spiro atoms. The summed E-state index contributed by atoms with van der Waals surface area (Å²) in [6.07, 6.45) is 2.27. The zero-order valence-electron chi connectivity index (χ0n) is 18.9. The van der Waals surface area contributed by atoms with E-state index in [1.165, 1.54) is 5.56 Å². The Hall–Kier alpha value is -1.02. The molecule has 1 aromatic carbocycles. The summed E-state index contributed by atoms with van der Waals surface area (Å²) in [5.41, 5.74) is 3.00. The molecular formula is C24H42O2. The SMILES string of the molecule is CCC(C)COC(c1cc(C(C)(C)C)c(O)c(C(C)(C)C)c1)C(C)CC. The maximum atomic E-state index is 11.0. The van der Waals surface area contributed by atoms with Crippen molar-refractivity contribution in [3.63, 3.8) is 0 Å². The lowest BCUT2D eigenvalue weighted by Crippen LogP contribution is -2.21. The number of ether oxygens (including phenoxy) is 1. The number of aromatic hydroxyl groups is 1. The van der Waals surface area contributed by atoms with Gasteiger partial charge < -0.3 is 9.84 Å². The molecule has 0 aliphatic rings. The van der Waals surface area contributed by atoms with Crippen LogP contribution < -0.4 is 0 Å². The van der Waals surface area contributed by atoms with Gasteiger partial charge in [0.05, 0.1) is 6.10 Å². The third kappa shape index (κ3) is 5.74. The van der Waals surface area contributed by atoms with Crippen LogP contribution in [0, 0.1) is 11.8 Å². The van der Waals surface area contributed by atoms with Crippen molar-refractivity contribution in [1.29, 1.82) is 0 Å². The second-order valence-electron chi connectivity index (χ2n) is 10.1. The van der Waals surface area contributed by atoms with E-state index in [0.717, 1.165) is 30.6 Å². The van der Waals surface area contributed by atoms with Crippen LogP contribution in [0.25, 0.3) is 0 Å². The van der Waals surface area contributed by atoms with Gasteiger partial charge in [0.1, 0.15) is 5.75 Å². The van der Waals surface area contributed by atoms with Crippen molar-refractivity contribution >= 4 is 0 Å². The second kappa shape index (κ2) is 8.78. The molecule has 2 heteroatoms. The number of benzene rings is 1. The van der Waals surface area contributed by atoms with Gasteiger partial charge in [-0.25, -0.2) is 0 Å². The van der Waals surface area contributed by atoms with Crippen molar-refractivity contribution in [3.05, 3.63) is 28.8 Å². The first-order valence-electron chi connectivity index (χ1n) is 10.3. The molecule has 0 fully saturated rings. The fraction of sp³-hybridized carbons (Fsp3) is 0.750. The summed E-state index contributed by atoms with van der Waals surface area (Å²) in [6.45, 7) is 22.7. The fourth-order valence-electron chi connectivity index (χ4n) is 3.15. The van der Waals surface area contributed by atoms with Gasteiger partial charge in [-0.1, -0.05) is 82.1 Å². The van der Waals surface area contributed by atoms with E-state index in [1.807, 2.05) is 0 Å². The Balaban J connectivity index is 3.50. The minimum Gasteiger partial charge on any atom is -0.507 e. The monoisotopic (exact) mass is 362 g/mol. The maximum Gasteiger partial charge on any atom is 0.123 e. The molecule has 2 nitrogen and oxygen atoms in total. The minimum atomic E-state index is -0.114. The third-order valence-corrected chi connectivity index (χ3v) is 5.49. The molecule has 0 aliphatic heterocycles. The van der Waals surface area contributed by atoms with Crippen molar-refractivity contribution in [2.24, 2.45) is 11.8 Å². The summed E-state index contributed by atoms with van der Waals surface area (Å²) in [4.78, 5) is 0. The Morgan fingerprint density at radius 2 is 1.35 bits per heavy atom. The fourth-order valence-corrected chi connectivity index (χ4v) is 3.15. The highest BCUT2D eigenvalue weighted by atomic mass is 16.5. The zero-order chi connectivity index (χ0) is 20.3. The van der Waals surface area contributed by atoms with Gasteiger partial charge in [0, 0.05) is 6.61 Å². The smallest absolute Gasteiger partial charge is 0.123 e. The number of rotatable bonds is 7. The van der Waals surface area contributed by atoms with Gasteiger partial charge in [-0.05, 0) is 51.5 Å². The average Bonchev–Trinajstić information content (AvgIpc) is 2.53. The summed E-state index contributed by atoms with van der Waals surface area (Å²) in [5.74, 6) is 1.44. The van der Waals surface area contributed by atoms with E-state index in [0.29, 0.717) is 17.6 Å². The highest BCUT2D eigenvalue weighted by Gasteiger charge is 2.29. The van der Waals surface area contributed by atoms with Gasteiger partial charge in [-0.3, -0.25) is 0 Å². The Bertz CT molecular complexity index is 540. The molecule has 1 N–H and O–H groups in total. The molecule has 0 aliphatic carbocycles. The minimum absolute atomic E-state index is 0.0665. The van der Waals surface area contributed by atoms with Crippen LogP contribution in [-0.4, -0.2) is 11.7 Å². The van der Waals surface area contributed by atoms with Crippen LogP contribution in [0.15, 0.2) is 12.1 Å². The molecule has 3 atom stereocenters. The quantitative estimate of drug-likeness (QED) is 0.558. The predicted molar refractivity (Wildman–Crippen MR) is 113 cm³/mol. The van der Waals surface area contributed by atoms with Crippen LogP contribution in [-0.2, 0) is 15.6 Å². The molecule has 0 saturated carbocycles. The van der Waals surface area contributed by atoms with Crippen LogP contribution in [0.3, 0.4) is 0 Å². The van der Waals surface area contributed by atoms with Crippen LogP contribution in [0.1, 0.15) is 105 Å². The average molecular weight is 363 g/mol. The number of phenolic OH excluding ortho intramolecular Hbond substituents is 1. The molecule has 3 unspecified atom stereocenters. The standard InChI is InChI=1S/C24H42O2/c1-11-16(3)15-26-22(17(4)12-2)18-13-19(23(5,6)7)21(25)20(14-18)24(8,9)10/h13-14,16-17,22,25H,11-12,15H2,1-10H3. The van der Waals surface area contributed by atoms with Crippen LogP contribution >= 0.6 is 0 Å². The molecule has 150 valence electrons. The van der Waals surface area contributed by atoms with Crippen LogP contribution in [0.4, 0.5) is 0 Å². The summed E-state index contributed by atoms with van der Waals surface area (Å²) in [5, 5.41) is 11.0. The molecule has 26 heavy (non-hydrogen) atoms. The van der Waals surface area contributed by atoms with Gasteiger partial charge in [0.2, 0.25) is 0 Å². The molecule has 0 bridgehead atoms. The van der Waals surface area contributed by atoms with Crippen molar-refractivity contribution in [2.75, 3.05) is 6.61 Å². The molecule has 0 radical (unpaired) electrons. The summed E-state index contributed by atoms with van der Waals surface area (Å²) in [6, 6.07) is 4.36. The normalized spacial score (nSPS) is 16.4. The molecule has 0 heterocycles. The van der Waals surface area contributed by atoms with E-state index in [9.17, 15) is 5.11 Å². The third-order valence-electron chi connectivity index (χ3n) is 5.49. The van der Waals surface area contributed by atoms with Gasteiger partial charge in [0.25, 0.3) is 0 Å². The lowest BCUT2D eigenvalue weighted by atomic mass is 9.77. The first kappa shape index (κ1) is 23.0. The van der Waals surface area contributed by atoms with Crippen molar-refractivity contribution in [2.45, 2.75) is 99.0 Å². The Morgan fingerprint density at radius 3 is 1.69 bits per heavy atom. The van der Waals surface area contributed by atoms with Gasteiger partial charge in [-0.2, -0.15) is 0 Å². The van der Waals surface area contributed by atoms with E-state index in [4.69, 9.17) is 4.74 Å². The molecule has 0 aromatic heterocycles. The summed E-state index contributed by atoms with van der Waals surface area (Å²) in [7, 11) is 0. The van der Waals surface area contributed by atoms with Crippen LogP contribution in [0.5, 0.6) is 5.75 Å². The van der Waals surface area contributed by atoms with E-state index >= 15 is 0 Å². The molecule has 0 saturated heterocycles. The molecule has 0 amide bonds. The van der Waals surface area contributed by atoms with E-state index in [1.54, 1.807) is 0 Å². The second-order valence-corrected chi connectivity index (χ2v) is 10.1. The van der Waals surface area contributed by atoms with Gasteiger partial charge >= 0.3 is 0 Å².